The Bertz CT molecular complexity index is 631. The van der Waals surface area contributed by atoms with Gasteiger partial charge < -0.3 is 0 Å². The number of benzene rings is 1. The van der Waals surface area contributed by atoms with Crippen LogP contribution in [-0.4, -0.2) is 18.1 Å². The van der Waals surface area contributed by atoms with Gasteiger partial charge in [0.1, 0.15) is 0 Å². The van der Waals surface area contributed by atoms with Crippen molar-refractivity contribution in [2.45, 2.75) is 51.6 Å². The van der Waals surface area contributed by atoms with Crippen LogP contribution in [0, 0.1) is 31.1 Å². The summed E-state index contributed by atoms with van der Waals surface area (Å²) >= 11 is 0. The number of terminal acetylenes is 1. The molecule has 1 aromatic rings. The second kappa shape index (κ2) is 6.37. The van der Waals surface area contributed by atoms with Gasteiger partial charge in [-0.25, -0.2) is 0 Å². The van der Waals surface area contributed by atoms with Crippen molar-refractivity contribution in [2.24, 2.45) is 11.8 Å². The van der Waals surface area contributed by atoms with Crippen molar-refractivity contribution in [1.29, 1.82) is 0 Å². The Morgan fingerprint density at radius 2 is 2.13 bits per heavy atom. The molecule has 1 saturated heterocycles. The molecule has 0 bridgehead atoms. The zero-order chi connectivity index (χ0) is 16.4. The molecule has 0 aromatic heterocycles. The number of amides is 1. The van der Waals surface area contributed by atoms with Crippen LogP contribution in [0.4, 0.5) is 5.69 Å². The first kappa shape index (κ1) is 16.1. The number of rotatable bonds is 2. The summed E-state index contributed by atoms with van der Waals surface area (Å²) in [7, 11) is 0. The van der Waals surface area contributed by atoms with Crippen molar-refractivity contribution in [3.8, 4) is 12.3 Å². The van der Waals surface area contributed by atoms with Gasteiger partial charge in [0, 0.05) is 5.69 Å². The molecule has 23 heavy (non-hydrogen) atoms. The van der Waals surface area contributed by atoms with Gasteiger partial charge in [-0.2, -0.15) is 0 Å². The average Bonchev–Trinajstić information content (AvgIpc) is 2.55. The molecular formula is C20H26N2O. The van der Waals surface area contributed by atoms with Crippen molar-refractivity contribution >= 4 is 11.6 Å². The number of hydrogen-bond donors (Lipinski definition) is 1. The smallest absolute Gasteiger partial charge is 0.294 e. The lowest BCUT2D eigenvalue weighted by Crippen LogP contribution is -2.68. The zero-order valence-corrected chi connectivity index (χ0v) is 14.1. The Hall–Kier alpha value is -1.79. The summed E-state index contributed by atoms with van der Waals surface area (Å²) < 4.78 is 0. The van der Waals surface area contributed by atoms with Crippen LogP contribution in [0.1, 0.15) is 44.6 Å². The summed E-state index contributed by atoms with van der Waals surface area (Å²) in [6.07, 6.45) is 11.7. The number of fused-ring (bicyclic) bond motifs is 1. The van der Waals surface area contributed by atoms with E-state index < -0.39 is 5.66 Å². The predicted molar refractivity (Wildman–Crippen MR) is 94.0 cm³/mol. The third-order valence-corrected chi connectivity index (χ3v) is 5.68. The molecule has 2 aliphatic rings. The van der Waals surface area contributed by atoms with Crippen LogP contribution in [0.15, 0.2) is 24.3 Å². The van der Waals surface area contributed by atoms with Crippen LogP contribution in [0.2, 0.25) is 0 Å². The molecule has 1 aliphatic carbocycles. The number of hydrogen-bond acceptors (Lipinski definition) is 2. The van der Waals surface area contributed by atoms with Crippen molar-refractivity contribution in [3.05, 3.63) is 29.8 Å². The van der Waals surface area contributed by atoms with Crippen LogP contribution in [-0.2, 0) is 4.79 Å². The van der Waals surface area contributed by atoms with E-state index in [1.807, 2.05) is 30.0 Å². The van der Waals surface area contributed by atoms with E-state index >= 15 is 0 Å². The maximum atomic E-state index is 12.7. The molecule has 1 N–H and O–H groups in total. The topological polar surface area (TPSA) is 32.3 Å². The summed E-state index contributed by atoms with van der Waals surface area (Å²) in [5.41, 5.74) is 1.63. The third kappa shape index (κ3) is 2.88. The number of nitrogens with one attached hydrogen (secondary N) is 1. The number of carbonyl (C=O) groups excluding carboxylic acids is 1. The molecule has 3 unspecified atom stereocenters. The Morgan fingerprint density at radius 3 is 2.87 bits per heavy atom. The van der Waals surface area contributed by atoms with E-state index in [2.05, 4.69) is 24.2 Å². The van der Waals surface area contributed by atoms with E-state index in [0.717, 1.165) is 24.2 Å². The van der Waals surface area contributed by atoms with Gasteiger partial charge >= 0.3 is 5.91 Å². The Balaban J connectivity index is 2.04. The van der Waals surface area contributed by atoms with E-state index in [-0.39, 0.29) is 5.91 Å². The first-order valence-electron chi connectivity index (χ1n) is 8.69. The minimum absolute atomic E-state index is 0.253. The van der Waals surface area contributed by atoms with Gasteiger partial charge in [-0.3, -0.25) is 15.0 Å². The van der Waals surface area contributed by atoms with E-state index in [9.17, 15) is 4.79 Å². The van der Waals surface area contributed by atoms with Gasteiger partial charge in [0.2, 0.25) is 0 Å². The van der Waals surface area contributed by atoms with Crippen LogP contribution in [0.5, 0.6) is 0 Å². The Morgan fingerprint density at radius 1 is 1.35 bits per heavy atom. The van der Waals surface area contributed by atoms with Gasteiger partial charge in [0.05, 0.1) is 5.66 Å². The van der Waals surface area contributed by atoms with Crippen molar-refractivity contribution in [3.63, 3.8) is 0 Å². The van der Waals surface area contributed by atoms with Crippen LogP contribution in [0.3, 0.4) is 0 Å². The van der Waals surface area contributed by atoms with Gasteiger partial charge in [0.15, 0.2) is 0 Å². The molecule has 1 saturated carbocycles. The summed E-state index contributed by atoms with van der Waals surface area (Å²) in [6, 6.07) is 8.07. The first-order chi connectivity index (χ1) is 11.1. The lowest BCUT2D eigenvalue weighted by molar-refractivity contribution is -0.116. The summed E-state index contributed by atoms with van der Waals surface area (Å²) in [5, 5.41) is 3.64. The van der Waals surface area contributed by atoms with Gasteiger partial charge in [0.25, 0.3) is 0 Å². The molecule has 3 nitrogen and oxygen atoms in total. The van der Waals surface area contributed by atoms with Crippen molar-refractivity contribution in [2.75, 3.05) is 11.4 Å². The highest BCUT2D eigenvalue weighted by molar-refractivity contribution is 6.06. The molecule has 0 radical (unpaired) electrons. The maximum absolute atomic E-state index is 12.7. The molecular weight excluding hydrogens is 284 g/mol. The lowest BCUT2D eigenvalue weighted by Gasteiger charge is -2.53. The minimum Gasteiger partial charge on any atom is -0.294 e. The fourth-order valence-corrected chi connectivity index (χ4v) is 4.61. The molecule has 1 aromatic carbocycles. The highest BCUT2D eigenvalue weighted by Crippen LogP contribution is 2.44. The number of nitrogens with zero attached hydrogens (tertiary/aromatic N) is 1. The quantitative estimate of drug-likeness (QED) is 0.848. The molecule has 0 spiro atoms. The largest absolute Gasteiger partial charge is 0.304 e. The van der Waals surface area contributed by atoms with Crippen molar-refractivity contribution in [1.82, 2.24) is 5.32 Å². The van der Waals surface area contributed by atoms with E-state index in [4.69, 9.17) is 6.42 Å². The SMILES string of the molecule is C#CC(=O)N(c1cccc(C)c1)C1(C)NCCC2CCCCC21. The normalized spacial score (nSPS) is 30.1. The molecule has 2 fully saturated rings. The predicted octanol–water partition coefficient (Wildman–Crippen LogP) is 3.48. The average molecular weight is 310 g/mol. The van der Waals surface area contributed by atoms with Crippen LogP contribution in [0.25, 0.3) is 0 Å². The second-order valence-corrected chi connectivity index (χ2v) is 7.14. The molecule has 3 atom stereocenters. The maximum Gasteiger partial charge on any atom is 0.304 e. The Kier molecular flexibility index (Phi) is 4.46. The first-order valence-corrected chi connectivity index (χ1v) is 8.69. The Labute approximate surface area is 139 Å². The second-order valence-electron chi connectivity index (χ2n) is 7.14. The molecule has 122 valence electrons. The van der Waals surface area contributed by atoms with Gasteiger partial charge in [-0.15, -0.1) is 6.42 Å². The summed E-state index contributed by atoms with van der Waals surface area (Å²) in [4.78, 5) is 14.5. The number of aryl methyl sites for hydroxylation is 1. The van der Waals surface area contributed by atoms with Gasteiger partial charge in [-0.05, 0) is 75.1 Å². The van der Waals surface area contributed by atoms with Crippen LogP contribution < -0.4 is 10.2 Å². The zero-order valence-electron chi connectivity index (χ0n) is 14.1. The minimum atomic E-state index is -0.402. The number of anilines is 1. The van der Waals surface area contributed by atoms with E-state index in [1.165, 1.54) is 25.7 Å². The third-order valence-electron chi connectivity index (χ3n) is 5.68. The molecule has 1 aliphatic heterocycles. The van der Waals surface area contributed by atoms with E-state index in [1.54, 1.807) is 0 Å². The molecule has 3 rings (SSSR count). The molecule has 1 amide bonds. The molecule has 1 heterocycles. The highest BCUT2D eigenvalue weighted by Gasteiger charge is 2.48. The summed E-state index contributed by atoms with van der Waals surface area (Å²) in [6.45, 7) is 5.15. The standard InChI is InChI=1S/C20H26N2O/c1-4-19(23)22(17-10-7-8-15(2)14-17)20(3)18-11-6-5-9-16(18)12-13-21-20/h1,7-8,10,14,16,18,21H,5-6,9,11-13H2,2-3H3. The van der Waals surface area contributed by atoms with Crippen LogP contribution >= 0.6 is 0 Å². The van der Waals surface area contributed by atoms with Crippen molar-refractivity contribution < 1.29 is 4.79 Å². The van der Waals surface area contributed by atoms with Gasteiger partial charge in [-0.1, -0.05) is 25.0 Å². The summed E-state index contributed by atoms with van der Waals surface area (Å²) in [5.74, 6) is 3.24. The number of piperidine rings is 1. The lowest BCUT2D eigenvalue weighted by atomic mass is 9.68. The fourth-order valence-electron chi connectivity index (χ4n) is 4.61. The fraction of sp³-hybridized carbons (Fsp3) is 0.550. The highest BCUT2D eigenvalue weighted by atomic mass is 16.2. The molecule has 3 heteroatoms. The monoisotopic (exact) mass is 310 g/mol. The van der Waals surface area contributed by atoms with E-state index in [0.29, 0.717) is 11.8 Å². The number of carbonyl (C=O) groups is 1.